The first-order valence-electron chi connectivity index (χ1n) is 10.3. The van der Waals surface area contributed by atoms with E-state index in [1.807, 2.05) is 50.2 Å². The number of pyridine rings is 2. The fourth-order valence-electron chi connectivity index (χ4n) is 4.03. The molecule has 5 rings (SSSR count). The van der Waals surface area contributed by atoms with E-state index < -0.39 is 5.82 Å². The maximum Gasteiger partial charge on any atom is 0.263 e. The van der Waals surface area contributed by atoms with Crippen molar-refractivity contribution < 1.29 is 4.39 Å². The van der Waals surface area contributed by atoms with Gasteiger partial charge in [-0.15, -0.1) is 0 Å². The molecule has 0 aliphatic rings. The van der Waals surface area contributed by atoms with Crippen LogP contribution in [0, 0.1) is 12.7 Å². The average Bonchev–Trinajstić information content (AvgIpc) is 2.79. The number of nitrogens with one attached hydrogen (secondary N) is 1. The molecular formula is C25H20FN5O. The quantitative estimate of drug-likeness (QED) is 0.441. The monoisotopic (exact) mass is 425 g/mol. The zero-order chi connectivity index (χ0) is 22.2. The Labute approximate surface area is 183 Å². The molecule has 158 valence electrons. The molecule has 3 heterocycles. The van der Waals surface area contributed by atoms with E-state index in [9.17, 15) is 9.18 Å². The highest BCUT2D eigenvalue weighted by atomic mass is 19.1. The van der Waals surface area contributed by atoms with E-state index in [2.05, 4.69) is 20.3 Å². The molecule has 5 aromatic rings. The average molecular weight is 425 g/mol. The van der Waals surface area contributed by atoms with E-state index in [1.165, 1.54) is 18.5 Å². The third-order valence-corrected chi connectivity index (χ3v) is 5.54. The lowest BCUT2D eigenvalue weighted by atomic mass is 10.0. The Hall–Kier alpha value is -4.13. The van der Waals surface area contributed by atoms with Crippen molar-refractivity contribution in [2.24, 2.45) is 0 Å². The van der Waals surface area contributed by atoms with Crippen molar-refractivity contribution in [2.75, 3.05) is 5.32 Å². The third kappa shape index (κ3) is 3.37. The van der Waals surface area contributed by atoms with Crippen LogP contribution in [0.3, 0.4) is 0 Å². The number of halogens is 1. The van der Waals surface area contributed by atoms with Crippen LogP contribution < -0.4 is 10.9 Å². The lowest BCUT2D eigenvalue weighted by molar-refractivity contribution is 0.625. The van der Waals surface area contributed by atoms with Crippen LogP contribution in [0.2, 0.25) is 0 Å². The van der Waals surface area contributed by atoms with Gasteiger partial charge in [0.1, 0.15) is 17.7 Å². The van der Waals surface area contributed by atoms with Crippen LogP contribution in [0.1, 0.15) is 24.2 Å². The van der Waals surface area contributed by atoms with Crippen molar-refractivity contribution in [1.82, 2.24) is 19.5 Å². The van der Waals surface area contributed by atoms with Gasteiger partial charge in [0, 0.05) is 11.9 Å². The van der Waals surface area contributed by atoms with Crippen LogP contribution in [0.15, 0.2) is 78.0 Å². The van der Waals surface area contributed by atoms with Crippen LogP contribution in [0.5, 0.6) is 0 Å². The molecule has 0 radical (unpaired) electrons. The zero-order valence-electron chi connectivity index (χ0n) is 17.6. The molecule has 0 spiro atoms. The first-order valence-corrected chi connectivity index (χ1v) is 10.3. The smallest absolute Gasteiger partial charge is 0.263 e. The Morgan fingerprint density at radius 1 is 1.00 bits per heavy atom. The van der Waals surface area contributed by atoms with Gasteiger partial charge in [0.05, 0.1) is 22.6 Å². The molecule has 0 fully saturated rings. The fourth-order valence-corrected chi connectivity index (χ4v) is 4.03. The highest BCUT2D eigenvalue weighted by molar-refractivity contribution is 5.86. The standard InChI is InChI=1S/C25H20FN5O/c1-15-6-3-7-17-12-21(31(25(32)22(15)17)19-9-4-8-18(26)13-19)16(2)30-24-23-20(28-14-29-24)10-5-11-27-23/h3-14,16H,1-2H3,(H,28,29,30)/t16-/m0/s1. The lowest BCUT2D eigenvalue weighted by Gasteiger charge is -2.22. The van der Waals surface area contributed by atoms with Gasteiger partial charge in [-0.05, 0) is 61.2 Å². The topological polar surface area (TPSA) is 72.7 Å². The van der Waals surface area contributed by atoms with Gasteiger partial charge < -0.3 is 5.32 Å². The molecule has 32 heavy (non-hydrogen) atoms. The molecule has 1 N–H and O–H groups in total. The molecule has 0 amide bonds. The molecule has 6 nitrogen and oxygen atoms in total. The number of benzene rings is 2. The summed E-state index contributed by atoms with van der Waals surface area (Å²) in [6, 6.07) is 17.1. The summed E-state index contributed by atoms with van der Waals surface area (Å²) in [4.78, 5) is 26.6. The van der Waals surface area contributed by atoms with Crippen molar-refractivity contribution in [3.05, 3.63) is 101 Å². The fraction of sp³-hybridized carbons (Fsp3) is 0.120. The van der Waals surface area contributed by atoms with Gasteiger partial charge in [0.25, 0.3) is 5.56 Å². The zero-order valence-corrected chi connectivity index (χ0v) is 17.6. The normalized spacial score (nSPS) is 12.2. The summed E-state index contributed by atoms with van der Waals surface area (Å²) < 4.78 is 15.6. The van der Waals surface area contributed by atoms with Gasteiger partial charge in [-0.2, -0.15) is 0 Å². The number of hydrogen-bond acceptors (Lipinski definition) is 5. The summed E-state index contributed by atoms with van der Waals surface area (Å²) in [7, 11) is 0. The summed E-state index contributed by atoms with van der Waals surface area (Å²) in [6.07, 6.45) is 3.16. The molecule has 0 aliphatic heterocycles. The summed E-state index contributed by atoms with van der Waals surface area (Å²) in [6.45, 7) is 3.84. The lowest BCUT2D eigenvalue weighted by Crippen LogP contribution is -2.26. The Kier molecular flexibility index (Phi) is 4.86. The van der Waals surface area contributed by atoms with Crippen LogP contribution in [0.4, 0.5) is 10.2 Å². The predicted molar refractivity (Wildman–Crippen MR) is 124 cm³/mol. The summed E-state index contributed by atoms with van der Waals surface area (Å²) in [5.74, 6) is 0.155. The van der Waals surface area contributed by atoms with Gasteiger partial charge in [-0.3, -0.25) is 14.3 Å². The molecular weight excluding hydrogens is 405 g/mol. The first kappa shape index (κ1) is 19.8. The Balaban J connectivity index is 1.72. The highest BCUT2D eigenvalue weighted by Crippen LogP contribution is 2.26. The second-order valence-electron chi connectivity index (χ2n) is 7.69. The summed E-state index contributed by atoms with van der Waals surface area (Å²) in [5, 5.41) is 4.81. The number of hydrogen-bond donors (Lipinski definition) is 1. The Morgan fingerprint density at radius 3 is 2.69 bits per heavy atom. The van der Waals surface area contributed by atoms with E-state index in [0.717, 1.165) is 10.9 Å². The van der Waals surface area contributed by atoms with E-state index in [4.69, 9.17) is 0 Å². The highest BCUT2D eigenvalue weighted by Gasteiger charge is 2.19. The summed E-state index contributed by atoms with van der Waals surface area (Å²) in [5.41, 5.74) is 3.18. The second kappa shape index (κ2) is 7.85. The van der Waals surface area contributed by atoms with E-state index in [-0.39, 0.29) is 11.6 Å². The largest absolute Gasteiger partial charge is 0.360 e. The molecule has 0 saturated carbocycles. The van der Waals surface area contributed by atoms with Gasteiger partial charge in [0.2, 0.25) is 0 Å². The Morgan fingerprint density at radius 2 is 1.84 bits per heavy atom. The third-order valence-electron chi connectivity index (χ3n) is 5.54. The van der Waals surface area contributed by atoms with Crippen molar-refractivity contribution in [3.63, 3.8) is 0 Å². The van der Waals surface area contributed by atoms with Crippen molar-refractivity contribution in [3.8, 4) is 5.69 Å². The maximum absolute atomic E-state index is 14.1. The molecule has 0 bridgehead atoms. The van der Waals surface area contributed by atoms with Gasteiger partial charge >= 0.3 is 0 Å². The maximum atomic E-state index is 14.1. The van der Waals surface area contributed by atoms with Crippen LogP contribution in [-0.4, -0.2) is 19.5 Å². The number of anilines is 1. The van der Waals surface area contributed by atoms with E-state index in [1.54, 1.807) is 22.9 Å². The predicted octanol–water partition coefficient (Wildman–Crippen LogP) is 4.95. The van der Waals surface area contributed by atoms with Crippen LogP contribution in [0.25, 0.3) is 27.5 Å². The molecule has 7 heteroatoms. The minimum atomic E-state index is -0.406. The second-order valence-corrected chi connectivity index (χ2v) is 7.69. The molecule has 3 aromatic heterocycles. The molecule has 0 saturated heterocycles. The van der Waals surface area contributed by atoms with Gasteiger partial charge in [-0.1, -0.05) is 24.3 Å². The number of nitrogens with zero attached hydrogens (tertiary/aromatic N) is 4. The molecule has 0 unspecified atom stereocenters. The summed E-state index contributed by atoms with van der Waals surface area (Å²) >= 11 is 0. The van der Waals surface area contributed by atoms with Crippen molar-refractivity contribution >= 4 is 27.6 Å². The van der Waals surface area contributed by atoms with Gasteiger partial charge in [-0.25, -0.2) is 14.4 Å². The number of rotatable bonds is 4. The van der Waals surface area contributed by atoms with E-state index in [0.29, 0.717) is 33.6 Å². The van der Waals surface area contributed by atoms with Crippen LogP contribution in [-0.2, 0) is 0 Å². The molecule has 0 aliphatic carbocycles. The minimum absolute atomic E-state index is 0.194. The number of aryl methyl sites for hydroxylation is 1. The first-order chi connectivity index (χ1) is 15.5. The number of aromatic nitrogens is 4. The Bertz CT molecular complexity index is 1520. The minimum Gasteiger partial charge on any atom is -0.360 e. The van der Waals surface area contributed by atoms with Crippen LogP contribution >= 0.6 is 0 Å². The SMILES string of the molecule is Cc1cccc2cc([C@H](C)Nc3ncnc4cccnc34)n(-c3cccc(F)c3)c(=O)c12. The van der Waals surface area contributed by atoms with E-state index >= 15 is 0 Å². The van der Waals surface area contributed by atoms with Crippen molar-refractivity contribution in [2.45, 2.75) is 19.9 Å². The number of fused-ring (bicyclic) bond motifs is 2. The molecule has 1 atom stereocenters. The molecule has 2 aromatic carbocycles. The van der Waals surface area contributed by atoms with Gasteiger partial charge in [0.15, 0.2) is 5.82 Å². The van der Waals surface area contributed by atoms with Crippen molar-refractivity contribution in [1.29, 1.82) is 0 Å².